The molecule has 2 aliphatic rings. The summed E-state index contributed by atoms with van der Waals surface area (Å²) in [5, 5.41) is 20.6. The molecule has 1 saturated carbocycles. The number of allylic oxidation sites excluding steroid dienone is 3. The van der Waals surface area contributed by atoms with Crippen molar-refractivity contribution in [3.63, 3.8) is 0 Å². The van der Waals surface area contributed by atoms with Gasteiger partial charge in [0.2, 0.25) is 0 Å². The predicted octanol–water partition coefficient (Wildman–Crippen LogP) is 4.47. The highest BCUT2D eigenvalue weighted by atomic mass is 16.3. The first-order chi connectivity index (χ1) is 10.1. The van der Waals surface area contributed by atoms with Crippen molar-refractivity contribution in [1.82, 2.24) is 0 Å². The van der Waals surface area contributed by atoms with E-state index in [0.29, 0.717) is 0 Å². The summed E-state index contributed by atoms with van der Waals surface area (Å²) in [5.41, 5.74) is 2.82. The van der Waals surface area contributed by atoms with Crippen molar-refractivity contribution in [3.05, 3.63) is 23.3 Å². The topological polar surface area (TPSA) is 40.5 Å². The zero-order valence-corrected chi connectivity index (χ0v) is 15.2. The fourth-order valence-corrected chi connectivity index (χ4v) is 5.34. The van der Waals surface area contributed by atoms with Crippen molar-refractivity contribution < 1.29 is 10.2 Å². The number of hydrogen-bond acceptors (Lipinski definition) is 2. The Bertz CT molecular complexity index is 484. The van der Waals surface area contributed by atoms with E-state index in [2.05, 4.69) is 33.8 Å². The predicted molar refractivity (Wildman–Crippen MR) is 92.6 cm³/mol. The molecule has 0 aromatic rings. The van der Waals surface area contributed by atoms with Crippen LogP contribution < -0.4 is 0 Å². The molecule has 0 heterocycles. The lowest BCUT2D eigenvalue weighted by Gasteiger charge is -2.56. The molecule has 2 aliphatic carbocycles. The monoisotopic (exact) mass is 306 g/mol. The summed E-state index contributed by atoms with van der Waals surface area (Å²) in [6, 6.07) is 0. The van der Waals surface area contributed by atoms with Gasteiger partial charge in [0.25, 0.3) is 0 Å². The van der Waals surface area contributed by atoms with Crippen LogP contribution in [0.4, 0.5) is 0 Å². The van der Waals surface area contributed by atoms with Gasteiger partial charge in [-0.25, -0.2) is 0 Å². The second-order valence-electron chi connectivity index (χ2n) is 8.79. The molecule has 22 heavy (non-hydrogen) atoms. The molecule has 0 bridgehead atoms. The third-order valence-electron chi connectivity index (χ3n) is 7.04. The van der Waals surface area contributed by atoms with E-state index in [-0.39, 0.29) is 28.8 Å². The summed E-state index contributed by atoms with van der Waals surface area (Å²) in [6.45, 7) is 13.7. The molecule has 0 radical (unpaired) electrons. The molecule has 4 atom stereocenters. The van der Waals surface area contributed by atoms with Gasteiger partial charge in [-0.2, -0.15) is 0 Å². The summed E-state index contributed by atoms with van der Waals surface area (Å²) in [5.74, 6) is 0.237. The molecule has 0 aliphatic heterocycles. The first-order valence-corrected chi connectivity index (χ1v) is 8.72. The van der Waals surface area contributed by atoms with E-state index < -0.39 is 6.10 Å². The van der Waals surface area contributed by atoms with Crippen molar-refractivity contribution in [3.8, 4) is 0 Å². The standard InChI is InChI=1S/C20H34O2/c1-14(2)10-17(22)12-19(5)16(13-21)11-15-8-7-9-18(3,4)20(15,19)6/h8,10,16-17,21-22H,7,9,11-13H2,1-6H3/t16-,17+,19-,20-/m1/s1. The normalized spacial score (nSPS) is 38.2. The Kier molecular flexibility index (Phi) is 4.68. The van der Waals surface area contributed by atoms with Crippen molar-refractivity contribution in [1.29, 1.82) is 0 Å². The maximum Gasteiger partial charge on any atom is 0.0728 e. The van der Waals surface area contributed by atoms with E-state index >= 15 is 0 Å². The Morgan fingerprint density at radius 1 is 1.32 bits per heavy atom. The molecule has 2 rings (SSSR count). The second-order valence-corrected chi connectivity index (χ2v) is 8.79. The quantitative estimate of drug-likeness (QED) is 0.752. The van der Waals surface area contributed by atoms with Crippen LogP contribution >= 0.6 is 0 Å². The number of hydrogen-bond donors (Lipinski definition) is 2. The summed E-state index contributed by atoms with van der Waals surface area (Å²) < 4.78 is 0. The van der Waals surface area contributed by atoms with Crippen molar-refractivity contribution in [2.75, 3.05) is 6.61 Å². The molecule has 2 heteroatoms. The van der Waals surface area contributed by atoms with Crippen LogP contribution in [-0.4, -0.2) is 22.9 Å². The highest BCUT2D eigenvalue weighted by molar-refractivity contribution is 5.32. The van der Waals surface area contributed by atoms with Gasteiger partial charge in [-0.1, -0.05) is 51.0 Å². The molecule has 0 unspecified atom stereocenters. The minimum absolute atomic E-state index is 0.0438. The van der Waals surface area contributed by atoms with E-state index in [1.54, 1.807) is 0 Å². The van der Waals surface area contributed by atoms with E-state index in [1.165, 1.54) is 12.0 Å². The van der Waals surface area contributed by atoms with Crippen LogP contribution in [0.3, 0.4) is 0 Å². The molecule has 1 fully saturated rings. The Balaban J connectivity index is 2.47. The van der Waals surface area contributed by atoms with Crippen LogP contribution in [0.1, 0.15) is 67.2 Å². The number of fused-ring (bicyclic) bond motifs is 1. The van der Waals surface area contributed by atoms with Crippen LogP contribution in [0.25, 0.3) is 0 Å². The van der Waals surface area contributed by atoms with Gasteiger partial charge >= 0.3 is 0 Å². The lowest BCUT2D eigenvalue weighted by Crippen LogP contribution is -2.50. The first kappa shape index (κ1) is 17.7. The average Bonchev–Trinajstić information content (AvgIpc) is 2.59. The smallest absolute Gasteiger partial charge is 0.0728 e. The molecule has 0 aromatic carbocycles. The first-order valence-electron chi connectivity index (χ1n) is 8.72. The molecule has 0 amide bonds. The Hall–Kier alpha value is -0.600. The third-order valence-corrected chi connectivity index (χ3v) is 7.04. The lowest BCUT2D eigenvalue weighted by molar-refractivity contribution is -0.0615. The van der Waals surface area contributed by atoms with Gasteiger partial charge in [0, 0.05) is 6.61 Å². The molecular weight excluding hydrogens is 272 g/mol. The molecule has 0 spiro atoms. The van der Waals surface area contributed by atoms with Crippen molar-refractivity contribution >= 4 is 0 Å². The number of aliphatic hydroxyl groups is 2. The third kappa shape index (κ3) is 2.49. The van der Waals surface area contributed by atoms with Gasteiger partial charge in [0.15, 0.2) is 0 Å². The van der Waals surface area contributed by atoms with Gasteiger partial charge in [0.1, 0.15) is 0 Å². The lowest BCUT2D eigenvalue weighted by atomic mass is 9.48. The second kappa shape index (κ2) is 5.79. The van der Waals surface area contributed by atoms with E-state index in [9.17, 15) is 10.2 Å². The molecule has 2 N–H and O–H groups in total. The minimum Gasteiger partial charge on any atom is -0.396 e. The molecule has 126 valence electrons. The van der Waals surface area contributed by atoms with Crippen LogP contribution in [0.15, 0.2) is 23.3 Å². The van der Waals surface area contributed by atoms with Gasteiger partial charge in [-0.15, -0.1) is 0 Å². The molecule has 0 saturated heterocycles. The Labute approximate surface area is 136 Å². The summed E-state index contributed by atoms with van der Waals surface area (Å²) in [6.07, 6.45) is 7.96. The highest BCUT2D eigenvalue weighted by Crippen LogP contribution is 2.70. The fraction of sp³-hybridized carbons (Fsp3) is 0.800. The molecule has 2 nitrogen and oxygen atoms in total. The van der Waals surface area contributed by atoms with Crippen LogP contribution in [0, 0.1) is 22.2 Å². The maximum absolute atomic E-state index is 10.6. The minimum atomic E-state index is -0.432. The van der Waals surface area contributed by atoms with Crippen molar-refractivity contribution in [2.45, 2.75) is 73.3 Å². The van der Waals surface area contributed by atoms with E-state index in [4.69, 9.17) is 0 Å². The molecular formula is C20H34O2. The van der Waals surface area contributed by atoms with Crippen LogP contribution in [0.5, 0.6) is 0 Å². The number of aliphatic hydroxyl groups excluding tert-OH is 2. The fourth-order valence-electron chi connectivity index (χ4n) is 5.34. The van der Waals surface area contributed by atoms with E-state index in [0.717, 1.165) is 24.8 Å². The van der Waals surface area contributed by atoms with Crippen LogP contribution in [0.2, 0.25) is 0 Å². The van der Waals surface area contributed by atoms with Gasteiger partial charge in [-0.3, -0.25) is 0 Å². The summed E-state index contributed by atoms with van der Waals surface area (Å²) >= 11 is 0. The maximum atomic E-state index is 10.6. The average molecular weight is 306 g/mol. The summed E-state index contributed by atoms with van der Waals surface area (Å²) in [4.78, 5) is 0. The van der Waals surface area contributed by atoms with E-state index in [1.807, 2.05) is 19.9 Å². The SMILES string of the molecule is CC(C)=C[C@H](O)C[C@]1(C)[C@@H](CO)CC2=CCCC(C)(C)[C@@]21C. The highest BCUT2D eigenvalue weighted by Gasteiger charge is 2.63. The summed E-state index contributed by atoms with van der Waals surface area (Å²) in [7, 11) is 0. The Morgan fingerprint density at radius 2 is 1.95 bits per heavy atom. The van der Waals surface area contributed by atoms with Crippen molar-refractivity contribution in [2.24, 2.45) is 22.2 Å². The van der Waals surface area contributed by atoms with Crippen LogP contribution in [-0.2, 0) is 0 Å². The largest absolute Gasteiger partial charge is 0.396 e. The van der Waals surface area contributed by atoms with Gasteiger partial charge in [0.05, 0.1) is 6.10 Å². The van der Waals surface area contributed by atoms with Gasteiger partial charge in [-0.05, 0) is 61.7 Å². The zero-order chi connectivity index (χ0) is 16.8. The number of rotatable bonds is 4. The molecule has 0 aromatic heterocycles. The Morgan fingerprint density at radius 3 is 2.50 bits per heavy atom. The van der Waals surface area contributed by atoms with Gasteiger partial charge < -0.3 is 10.2 Å². The zero-order valence-electron chi connectivity index (χ0n) is 15.2.